The number of hydrogen-bond acceptors (Lipinski definition) is 6. The first-order valence-electron chi connectivity index (χ1n) is 9.14. The van der Waals surface area contributed by atoms with Gasteiger partial charge in [0, 0.05) is 48.2 Å². The molecule has 1 unspecified atom stereocenters. The number of carbonyl (C=O) groups excluding carboxylic acids is 1. The number of amides is 1. The first kappa shape index (κ1) is 22.5. The maximum atomic E-state index is 12.8. The third-order valence-electron chi connectivity index (χ3n) is 4.71. The molecular formula is C19H20ClN3O5S2. The van der Waals surface area contributed by atoms with Gasteiger partial charge in [-0.3, -0.25) is 14.9 Å². The molecule has 1 amide bonds. The van der Waals surface area contributed by atoms with Crippen molar-refractivity contribution in [3.8, 4) is 0 Å². The number of rotatable bonds is 6. The van der Waals surface area contributed by atoms with Gasteiger partial charge in [0.25, 0.3) is 5.69 Å². The van der Waals surface area contributed by atoms with Crippen LogP contribution in [0.3, 0.4) is 0 Å². The van der Waals surface area contributed by atoms with E-state index < -0.39 is 20.2 Å². The SMILES string of the molecule is CC(Sc1ccc([N+](=O)[O-])cc1)C(=O)N1CCN(S(=O)(=O)c2ccc(Cl)cc2)CC1. The van der Waals surface area contributed by atoms with Crippen molar-refractivity contribution in [2.24, 2.45) is 0 Å². The van der Waals surface area contributed by atoms with Gasteiger partial charge < -0.3 is 4.90 Å². The van der Waals surface area contributed by atoms with E-state index in [1.54, 1.807) is 24.0 Å². The summed E-state index contributed by atoms with van der Waals surface area (Å²) in [4.78, 5) is 25.6. The lowest BCUT2D eigenvalue weighted by atomic mass is 10.3. The molecule has 3 rings (SSSR count). The molecule has 11 heteroatoms. The van der Waals surface area contributed by atoms with Crippen LogP contribution in [0.25, 0.3) is 0 Å². The number of benzene rings is 2. The van der Waals surface area contributed by atoms with Gasteiger partial charge in [0.2, 0.25) is 15.9 Å². The second-order valence-electron chi connectivity index (χ2n) is 6.69. The number of nitrogens with zero attached hydrogens (tertiary/aromatic N) is 3. The summed E-state index contributed by atoms with van der Waals surface area (Å²) in [5.74, 6) is -0.0955. The van der Waals surface area contributed by atoms with Crippen LogP contribution in [0.4, 0.5) is 5.69 Å². The molecule has 1 saturated heterocycles. The summed E-state index contributed by atoms with van der Waals surface area (Å²) in [6, 6.07) is 12.0. The first-order chi connectivity index (χ1) is 14.2. The Labute approximate surface area is 184 Å². The zero-order valence-corrected chi connectivity index (χ0v) is 18.5. The molecule has 0 spiro atoms. The van der Waals surface area contributed by atoms with E-state index in [0.29, 0.717) is 18.1 Å². The standard InChI is InChI=1S/C19H20ClN3O5S2/c1-14(29-17-6-4-16(5-7-17)23(25)26)19(24)21-10-12-22(13-11-21)30(27,28)18-8-2-15(20)3-9-18/h2-9,14H,10-13H2,1H3. The zero-order chi connectivity index (χ0) is 21.9. The van der Waals surface area contributed by atoms with Gasteiger partial charge in [-0.05, 0) is 43.3 Å². The lowest BCUT2D eigenvalue weighted by Gasteiger charge is -2.35. The number of hydrogen-bond donors (Lipinski definition) is 0. The number of carbonyl (C=O) groups is 1. The number of non-ortho nitro benzene ring substituents is 1. The van der Waals surface area contributed by atoms with Crippen molar-refractivity contribution in [3.05, 3.63) is 63.7 Å². The maximum absolute atomic E-state index is 12.8. The molecule has 0 aliphatic carbocycles. The lowest BCUT2D eigenvalue weighted by Crippen LogP contribution is -2.52. The minimum absolute atomic E-state index is 0.00338. The molecule has 0 N–H and O–H groups in total. The fourth-order valence-electron chi connectivity index (χ4n) is 3.06. The molecule has 1 aliphatic rings. The molecule has 1 atom stereocenters. The smallest absolute Gasteiger partial charge is 0.269 e. The Balaban J connectivity index is 1.58. The molecular weight excluding hydrogens is 450 g/mol. The summed E-state index contributed by atoms with van der Waals surface area (Å²) in [5, 5.41) is 10.8. The first-order valence-corrected chi connectivity index (χ1v) is 11.8. The quantitative estimate of drug-likeness (QED) is 0.365. The Bertz CT molecular complexity index is 1020. The molecule has 1 fully saturated rings. The minimum Gasteiger partial charge on any atom is -0.339 e. The van der Waals surface area contributed by atoms with E-state index >= 15 is 0 Å². The average Bonchev–Trinajstić information content (AvgIpc) is 2.74. The number of thioether (sulfide) groups is 1. The summed E-state index contributed by atoms with van der Waals surface area (Å²) in [5.41, 5.74) is -0.00338. The van der Waals surface area contributed by atoms with Crippen molar-refractivity contribution in [1.82, 2.24) is 9.21 Å². The van der Waals surface area contributed by atoms with E-state index in [4.69, 9.17) is 11.6 Å². The summed E-state index contributed by atoms with van der Waals surface area (Å²) in [7, 11) is -3.63. The lowest BCUT2D eigenvalue weighted by molar-refractivity contribution is -0.384. The molecule has 1 heterocycles. The van der Waals surface area contributed by atoms with Crippen LogP contribution in [0.5, 0.6) is 0 Å². The van der Waals surface area contributed by atoms with Crippen LogP contribution >= 0.6 is 23.4 Å². The van der Waals surface area contributed by atoms with Gasteiger partial charge in [-0.15, -0.1) is 11.8 Å². The predicted octanol–water partition coefficient (Wildman–Crippen LogP) is 3.26. The fourth-order valence-corrected chi connectivity index (χ4v) is 5.56. The minimum atomic E-state index is -3.63. The van der Waals surface area contributed by atoms with Crippen molar-refractivity contribution in [2.45, 2.75) is 22.0 Å². The van der Waals surface area contributed by atoms with Crippen LogP contribution in [0.15, 0.2) is 58.3 Å². The molecule has 0 bridgehead atoms. The summed E-state index contributed by atoms with van der Waals surface area (Å²) >= 11 is 7.14. The zero-order valence-electron chi connectivity index (χ0n) is 16.1. The molecule has 0 aromatic heterocycles. The Morgan fingerprint density at radius 2 is 1.63 bits per heavy atom. The number of halogens is 1. The Hall–Kier alpha value is -2.14. The van der Waals surface area contributed by atoms with Gasteiger partial charge in [0.05, 0.1) is 15.1 Å². The molecule has 30 heavy (non-hydrogen) atoms. The molecule has 0 radical (unpaired) electrons. The van der Waals surface area contributed by atoms with Crippen LogP contribution in [0.2, 0.25) is 5.02 Å². The second-order valence-corrected chi connectivity index (χ2v) is 10.5. The van der Waals surface area contributed by atoms with Gasteiger partial charge >= 0.3 is 0 Å². The summed E-state index contributed by atoms with van der Waals surface area (Å²) in [6.07, 6.45) is 0. The Kier molecular flexibility index (Phi) is 7.02. The highest BCUT2D eigenvalue weighted by Crippen LogP contribution is 2.27. The monoisotopic (exact) mass is 469 g/mol. The van der Waals surface area contributed by atoms with E-state index in [-0.39, 0.29) is 29.6 Å². The van der Waals surface area contributed by atoms with E-state index in [2.05, 4.69) is 0 Å². The van der Waals surface area contributed by atoms with Gasteiger partial charge in [-0.1, -0.05) is 11.6 Å². The Morgan fingerprint density at radius 3 is 2.17 bits per heavy atom. The van der Waals surface area contributed by atoms with Crippen molar-refractivity contribution in [1.29, 1.82) is 0 Å². The number of piperazine rings is 1. The van der Waals surface area contributed by atoms with Crippen LogP contribution in [0.1, 0.15) is 6.92 Å². The normalized spacial score (nSPS) is 16.3. The van der Waals surface area contributed by atoms with Gasteiger partial charge in [-0.25, -0.2) is 8.42 Å². The second kappa shape index (κ2) is 9.34. The van der Waals surface area contributed by atoms with Crippen molar-refractivity contribution in [2.75, 3.05) is 26.2 Å². The van der Waals surface area contributed by atoms with Crippen LogP contribution in [0, 0.1) is 10.1 Å². The largest absolute Gasteiger partial charge is 0.339 e. The average molecular weight is 470 g/mol. The van der Waals surface area contributed by atoms with Crippen molar-refractivity contribution in [3.63, 3.8) is 0 Å². The van der Waals surface area contributed by atoms with Gasteiger partial charge in [0.1, 0.15) is 0 Å². The Morgan fingerprint density at radius 1 is 1.07 bits per heavy atom. The van der Waals surface area contributed by atoms with E-state index in [1.165, 1.54) is 52.5 Å². The highest BCUT2D eigenvalue weighted by atomic mass is 35.5. The van der Waals surface area contributed by atoms with E-state index in [0.717, 1.165) is 4.90 Å². The number of nitro groups is 1. The predicted molar refractivity (Wildman–Crippen MR) is 115 cm³/mol. The highest BCUT2D eigenvalue weighted by Gasteiger charge is 2.31. The summed E-state index contributed by atoms with van der Waals surface area (Å²) in [6.45, 7) is 2.80. The third-order valence-corrected chi connectivity index (χ3v) is 7.97. The third kappa shape index (κ3) is 5.12. The fraction of sp³-hybridized carbons (Fsp3) is 0.316. The molecule has 1 aliphatic heterocycles. The molecule has 2 aromatic carbocycles. The topological polar surface area (TPSA) is 101 Å². The highest BCUT2D eigenvalue weighted by molar-refractivity contribution is 8.00. The van der Waals surface area contributed by atoms with E-state index in [9.17, 15) is 23.3 Å². The number of sulfonamides is 1. The van der Waals surface area contributed by atoms with Crippen molar-refractivity contribution >= 4 is 45.0 Å². The molecule has 160 valence electrons. The molecule has 0 saturated carbocycles. The molecule has 2 aromatic rings. The van der Waals surface area contributed by atoms with Gasteiger partial charge in [0.15, 0.2) is 0 Å². The van der Waals surface area contributed by atoms with Crippen LogP contribution in [-0.2, 0) is 14.8 Å². The van der Waals surface area contributed by atoms with Crippen LogP contribution in [-0.4, -0.2) is 59.9 Å². The molecule has 8 nitrogen and oxygen atoms in total. The number of nitro benzene ring substituents is 1. The van der Waals surface area contributed by atoms with Crippen molar-refractivity contribution < 1.29 is 18.1 Å². The van der Waals surface area contributed by atoms with Crippen LogP contribution < -0.4 is 0 Å². The summed E-state index contributed by atoms with van der Waals surface area (Å²) < 4.78 is 26.9. The van der Waals surface area contributed by atoms with E-state index in [1.807, 2.05) is 0 Å². The maximum Gasteiger partial charge on any atom is 0.269 e. The van der Waals surface area contributed by atoms with Gasteiger partial charge in [-0.2, -0.15) is 4.31 Å².